The molecule has 0 radical (unpaired) electrons. The van der Waals surface area contributed by atoms with E-state index >= 15 is 0 Å². The Morgan fingerprint density at radius 2 is 1.74 bits per heavy atom. The Morgan fingerprint density at radius 3 is 2.52 bits per heavy atom. The summed E-state index contributed by atoms with van der Waals surface area (Å²) in [6.45, 7) is 1.94. The molecule has 0 amide bonds. The van der Waals surface area contributed by atoms with E-state index in [1.54, 1.807) is 6.07 Å². The zero-order valence-corrected chi connectivity index (χ0v) is 15.2. The van der Waals surface area contributed by atoms with Crippen molar-refractivity contribution >= 4 is 32.4 Å². The highest BCUT2D eigenvalue weighted by molar-refractivity contribution is 7.22. The SMILES string of the molecule is Cc1ccc(-c2cccc(C(F)(F)F)c2)c(Nc2nc3ccccc3s2)c1. The first kappa shape index (κ1) is 17.5. The summed E-state index contributed by atoms with van der Waals surface area (Å²) in [7, 11) is 0. The third-order valence-electron chi connectivity index (χ3n) is 4.21. The van der Waals surface area contributed by atoms with Gasteiger partial charge >= 0.3 is 6.18 Å². The van der Waals surface area contributed by atoms with Crippen molar-refractivity contribution < 1.29 is 13.2 Å². The first-order valence-corrected chi connectivity index (χ1v) is 9.13. The third-order valence-corrected chi connectivity index (χ3v) is 5.16. The molecule has 4 rings (SSSR count). The number of fused-ring (bicyclic) bond motifs is 1. The molecule has 0 spiro atoms. The number of anilines is 2. The molecule has 0 fully saturated rings. The standard InChI is InChI=1S/C21H15F3N2S/c1-13-9-10-16(14-5-4-6-15(12-14)21(22,23)24)18(11-13)26-20-25-17-7-2-3-8-19(17)27-20/h2-12H,1H3,(H,25,26). The summed E-state index contributed by atoms with van der Waals surface area (Å²) in [5.74, 6) is 0. The van der Waals surface area contributed by atoms with Crippen LogP contribution < -0.4 is 5.32 Å². The summed E-state index contributed by atoms with van der Waals surface area (Å²) >= 11 is 1.51. The van der Waals surface area contributed by atoms with Crippen LogP contribution in [0.2, 0.25) is 0 Å². The smallest absolute Gasteiger partial charge is 0.331 e. The molecule has 0 unspecified atom stereocenters. The van der Waals surface area contributed by atoms with Gasteiger partial charge in [0.05, 0.1) is 15.8 Å². The number of benzene rings is 3. The van der Waals surface area contributed by atoms with Gasteiger partial charge in [-0.15, -0.1) is 0 Å². The molecular formula is C21H15F3N2S. The lowest BCUT2D eigenvalue weighted by atomic mass is 9.99. The Balaban J connectivity index is 1.77. The number of rotatable bonds is 3. The first-order valence-electron chi connectivity index (χ1n) is 8.31. The Kier molecular flexibility index (Phi) is 4.36. The van der Waals surface area contributed by atoms with Crippen molar-refractivity contribution in [3.8, 4) is 11.1 Å². The molecule has 3 aromatic carbocycles. The van der Waals surface area contributed by atoms with E-state index in [-0.39, 0.29) is 0 Å². The van der Waals surface area contributed by atoms with Crippen LogP contribution in [-0.4, -0.2) is 4.98 Å². The van der Waals surface area contributed by atoms with Gasteiger partial charge in [0.2, 0.25) is 0 Å². The second-order valence-corrected chi connectivity index (χ2v) is 7.27. The topological polar surface area (TPSA) is 24.9 Å². The van der Waals surface area contributed by atoms with E-state index in [1.807, 2.05) is 49.4 Å². The maximum atomic E-state index is 13.1. The molecule has 0 aliphatic rings. The number of hydrogen-bond acceptors (Lipinski definition) is 3. The van der Waals surface area contributed by atoms with Crippen molar-refractivity contribution in [3.05, 3.63) is 77.9 Å². The zero-order chi connectivity index (χ0) is 19.0. The number of thiazole rings is 1. The van der Waals surface area contributed by atoms with Crippen molar-refractivity contribution in [2.75, 3.05) is 5.32 Å². The lowest BCUT2D eigenvalue weighted by Gasteiger charge is -2.13. The van der Waals surface area contributed by atoms with Crippen LogP contribution in [0.3, 0.4) is 0 Å². The molecule has 4 aromatic rings. The van der Waals surface area contributed by atoms with Crippen molar-refractivity contribution in [2.24, 2.45) is 0 Å². The molecule has 1 aromatic heterocycles. The highest BCUT2D eigenvalue weighted by atomic mass is 32.1. The lowest BCUT2D eigenvalue weighted by Crippen LogP contribution is -2.04. The van der Waals surface area contributed by atoms with E-state index in [1.165, 1.54) is 23.5 Å². The fourth-order valence-electron chi connectivity index (χ4n) is 2.92. The summed E-state index contributed by atoms with van der Waals surface area (Å²) in [5, 5.41) is 3.99. The Hall–Kier alpha value is -2.86. The second-order valence-electron chi connectivity index (χ2n) is 6.24. The second kappa shape index (κ2) is 6.70. The van der Waals surface area contributed by atoms with Gasteiger partial charge in [0, 0.05) is 11.3 Å². The fraction of sp³-hybridized carbons (Fsp3) is 0.0952. The van der Waals surface area contributed by atoms with E-state index in [0.29, 0.717) is 16.3 Å². The van der Waals surface area contributed by atoms with Crippen LogP contribution in [0.5, 0.6) is 0 Å². The maximum absolute atomic E-state index is 13.1. The fourth-order valence-corrected chi connectivity index (χ4v) is 3.80. The molecule has 0 bridgehead atoms. The van der Waals surface area contributed by atoms with Crippen LogP contribution in [0.4, 0.5) is 24.0 Å². The quantitative estimate of drug-likeness (QED) is 0.410. The van der Waals surface area contributed by atoms with E-state index in [0.717, 1.165) is 27.5 Å². The number of aromatic nitrogens is 1. The van der Waals surface area contributed by atoms with E-state index < -0.39 is 11.7 Å². The average molecular weight is 384 g/mol. The molecule has 0 saturated carbocycles. The van der Waals surface area contributed by atoms with Gasteiger partial charge in [0.25, 0.3) is 0 Å². The molecule has 0 aliphatic carbocycles. The third kappa shape index (κ3) is 3.66. The van der Waals surface area contributed by atoms with Crippen molar-refractivity contribution in [1.82, 2.24) is 4.98 Å². The van der Waals surface area contributed by atoms with Gasteiger partial charge in [0.15, 0.2) is 5.13 Å². The summed E-state index contributed by atoms with van der Waals surface area (Å²) in [4.78, 5) is 4.56. The Morgan fingerprint density at radius 1 is 0.926 bits per heavy atom. The molecule has 136 valence electrons. The van der Waals surface area contributed by atoms with Gasteiger partial charge in [-0.1, -0.05) is 47.7 Å². The van der Waals surface area contributed by atoms with Gasteiger partial charge < -0.3 is 5.32 Å². The van der Waals surface area contributed by atoms with Crippen LogP contribution >= 0.6 is 11.3 Å². The average Bonchev–Trinajstić information content (AvgIpc) is 3.03. The minimum Gasteiger partial charge on any atom is -0.331 e. The van der Waals surface area contributed by atoms with E-state index in [4.69, 9.17) is 0 Å². The van der Waals surface area contributed by atoms with E-state index in [2.05, 4.69) is 10.3 Å². The van der Waals surface area contributed by atoms with Gasteiger partial charge in [-0.3, -0.25) is 0 Å². The summed E-state index contributed by atoms with van der Waals surface area (Å²) in [6, 6.07) is 18.8. The summed E-state index contributed by atoms with van der Waals surface area (Å²) < 4.78 is 40.3. The highest BCUT2D eigenvalue weighted by Crippen LogP contribution is 2.37. The minimum atomic E-state index is -4.37. The number of alkyl halides is 3. The Labute approximate surface area is 158 Å². The molecule has 1 N–H and O–H groups in total. The van der Waals surface area contributed by atoms with Crippen LogP contribution in [0.1, 0.15) is 11.1 Å². The first-order chi connectivity index (χ1) is 12.9. The normalized spacial score (nSPS) is 11.7. The minimum absolute atomic E-state index is 0.508. The summed E-state index contributed by atoms with van der Waals surface area (Å²) in [6.07, 6.45) is -4.37. The van der Waals surface area contributed by atoms with Crippen LogP contribution in [-0.2, 0) is 6.18 Å². The van der Waals surface area contributed by atoms with Crippen molar-refractivity contribution in [2.45, 2.75) is 13.1 Å². The largest absolute Gasteiger partial charge is 0.416 e. The molecule has 0 saturated heterocycles. The van der Waals surface area contributed by atoms with Crippen LogP contribution in [0.25, 0.3) is 21.3 Å². The van der Waals surface area contributed by atoms with Crippen LogP contribution in [0, 0.1) is 6.92 Å². The Bertz CT molecular complexity index is 1080. The number of nitrogens with zero attached hydrogens (tertiary/aromatic N) is 1. The number of hydrogen-bond donors (Lipinski definition) is 1. The molecular weight excluding hydrogens is 369 g/mol. The predicted octanol–water partition coefficient (Wildman–Crippen LogP) is 7.03. The van der Waals surface area contributed by atoms with Crippen molar-refractivity contribution in [3.63, 3.8) is 0 Å². The molecule has 6 heteroatoms. The predicted molar refractivity (Wildman–Crippen MR) is 105 cm³/mol. The van der Waals surface area contributed by atoms with Crippen molar-refractivity contribution in [1.29, 1.82) is 0 Å². The molecule has 1 heterocycles. The van der Waals surface area contributed by atoms with Crippen LogP contribution in [0.15, 0.2) is 66.7 Å². The molecule has 27 heavy (non-hydrogen) atoms. The number of aryl methyl sites for hydroxylation is 1. The maximum Gasteiger partial charge on any atom is 0.416 e. The van der Waals surface area contributed by atoms with Gasteiger partial charge in [-0.05, 0) is 48.4 Å². The van der Waals surface area contributed by atoms with Gasteiger partial charge in [-0.25, -0.2) is 4.98 Å². The molecule has 0 atom stereocenters. The summed E-state index contributed by atoms with van der Waals surface area (Å²) in [5.41, 5.74) is 3.17. The number of halogens is 3. The number of para-hydroxylation sites is 1. The van der Waals surface area contributed by atoms with E-state index in [9.17, 15) is 13.2 Å². The highest BCUT2D eigenvalue weighted by Gasteiger charge is 2.30. The monoisotopic (exact) mass is 384 g/mol. The zero-order valence-electron chi connectivity index (χ0n) is 14.3. The number of nitrogens with one attached hydrogen (secondary N) is 1. The molecule has 2 nitrogen and oxygen atoms in total. The molecule has 0 aliphatic heterocycles. The van der Waals surface area contributed by atoms with Gasteiger partial charge in [-0.2, -0.15) is 13.2 Å². The van der Waals surface area contributed by atoms with Gasteiger partial charge in [0.1, 0.15) is 0 Å². The lowest BCUT2D eigenvalue weighted by molar-refractivity contribution is -0.137.